The van der Waals surface area contributed by atoms with Gasteiger partial charge in [0.2, 0.25) is 5.91 Å². The molecular weight excluding hydrogens is 362 g/mol. The summed E-state index contributed by atoms with van der Waals surface area (Å²) >= 11 is 6.90. The number of aliphatic carboxylic acids is 1. The van der Waals surface area contributed by atoms with Crippen molar-refractivity contribution >= 4 is 41.1 Å². The maximum atomic E-state index is 12.6. The molecule has 24 heavy (non-hydrogen) atoms. The molecule has 0 radical (unpaired) electrons. The number of β-lactam (4-membered cyclic amide) rings is 1. The van der Waals surface area contributed by atoms with Gasteiger partial charge in [0.15, 0.2) is 0 Å². The van der Waals surface area contributed by atoms with E-state index in [0.717, 1.165) is 4.90 Å². The number of halogens is 1. The Labute approximate surface area is 145 Å². The maximum Gasteiger partial charge on any atom is 0.352 e. The summed E-state index contributed by atoms with van der Waals surface area (Å²) in [6.07, 6.45) is 0. The van der Waals surface area contributed by atoms with Crippen LogP contribution in [0.15, 0.2) is 16.4 Å². The molecule has 0 aromatic rings. The van der Waals surface area contributed by atoms with Gasteiger partial charge in [-0.15, -0.1) is 23.4 Å². The Bertz CT molecular complexity index is 677. The number of nitrogens with zero attached hydrogens (tertiary/aromatic N) is 4. The Hall–Kier alpha value is -1.94. The summed E-state index contributed by atoms with van der Waals surface area (Å²) in [6.45, 7) is 1.28. The number of ether oxygens (including phenoxy) is 1. The molecule has 3 atom stereocenters. The molecule has 2 heterocycles. The van der Waals surface area contributed by atoms with Crippen LogP contribution in [0.1, 0.15) is 6.92 Å². The highest BCUT2D eigenvalue weighted by atomic mass is 35.5. The molecule has 0 aromatic heterocycles. The highest BCUT2D eigenvalue weighted by Gasteiger charge is 2.66. The Kier molecular flexibility index (Phi) is 5.29. The monoisotopic (exact) mass is 375 g/mol. The van der Waals surface area contributed by atoms with E-state index in [9.17, 15) is 19.5 Å². The van der Waals surface area contributed by atoms with Crippen molar-refractivity contribution < 1.29 is 24.2 Å². The van der Waals surface area contributed by atoms with Gasteiger partial charge in [0.25, 0.3) is 11.6 Å². The van der Waals surface area contributed by atoms with Crippen LogP contribution in [0.5, 0.6) is 0 Å². The van der Waals surface area contributed by atoms with Crippen LogP contribution in [0, 0.1) is 0 Å². The predicted octanol–water partition coefficient (Wildman–Crippen LogP) is 0.637. The Balaban J connectivity index is 2.37. The van der Waals surface area contributed by atoms with Gasteiger partial charge in [-0.3, -0.25) is 14.5 Å². The van der Waals surface area contributed by atoms with E-state index in [1.165, 1.54) is 25.8 Å². The zero-order valence-electron chi connectivity index (χ0n) is 12.7. The number of fused-ring (bicyclic) bond motifs is 1. The number of nitrogens with one attached hydrogen (secondary N) is 1. The lowest BCUT2D eigenvalue weighted by Gasteiger charge is -2.55. The summed E-state index contributed by atoms with van der Waals surface area (Å²) in [5.74, 6) is -2.43. The topological polar surface area (TPSA) is 145 Å². The molecule has 0 bridgehead atoms. The normalized spacial score (nSPS) is 26.9. The number of hydrogen-bond donors (Lipinski definition) is 2. The quantitative estimate of drug-likeness (QED) is 0.174. The van der Waals surface area contributed by atoms with Crippen LogP contribution >= 0.6 is 23.4 Å². The predicted molar refractivity (Wildman–Crippen MR) is 85.0 cm³/mol. The minimum Gasteiger partial charge on any atom is -0.477 e. The Morgan fingerprint density at radius 2 is 2.38 bits per heavy atom. The molecule has 12 heteroatoms. The second-order valence-electron chi connectivity index (χ2n) is 5.03. The first-order chi connectivity index (χ1) is 11.3. The molecule has 0 saturated carbocycles. The van der Waals surface area contributed by atoms with E-state index in [2.05, 4.69) is 15.3 Å². The van der Waals surface area contributed by atoms with Gasteiger partial charge in [0.1, 0.15) is 16.4 Å². The number of thioether (sulfide) groups is 1. The third-order valence-corrected chi connectivity index (χ3v) is 5.20. The van der Waals surface area contributed by atoms with Gasteiger partial charge in [0.05, 0.1) is 6.54 Å². The van der Waals surface area contributed by atoms with E-state index < -0.39 is 34.3 Å². The van der Waals surface area contributed by atoms with E-state index in [1.54, 1.807) is 0 Å². The highest BCUT2D eigenvalue weighted by Crippen LogP contribution is 2.46. The van der Waals surface area contributed by atoms with Crippen molar-refractivity contribution in [3.8, 4) is 0 Å². The molecule has 1 fully saturated rings. The van der Waals surface area contributed by atoms with E-state index in [1.807, 2.05) is 0 Å². The zero-order valence-corrected chi connectivity index (χ0v) is 14.3. The summed E-state index contributed by atoms with van der Waals surface area (Å²) in [7, 11) is 1.24. The number of alkyl halides is 1. The molecule has 2 N–H and O–H groups in total. The van der Waals surface area contributed by atoms with Crippen LogP contribution in [-0.2, 0) is 19.1 Å². The third kappa shape index (κ3) is 2.80. The summed E-state index contributed by atoms with van der Waals surface area (Å²) in [4.78, 5) is 39.6. The molecule has 2 rings (SSSR count). The lowest BCUT2D eigenvalue weighted by atomic mass is 9.98. The minimum atomic E-state index is -1.67. The molecular formula is C12H14ClN5O5S. The summed E-state index contributed by atoms with van der Waals surface area (Å²) in [5.41, 5.74) is 6.79. The Morgan fingerprint density at radius 3 is 2.88 bits per heavy atom. The van der Waals surface area contributed by atoms with Crippen molar-refractivity contribution in [2.45, 2.75) is 23.4 Å². The number of methoxy groups -OCH3 is 1. The third-order valence-electron chi connectivity index (χ3n) is 3.63. The van der Waals surface area contributed by atoms with Crippen molar-refractivity contribution in [2.75, 3.05) is 19.4 Å². The summed E-state index contributed by atoms with van der Waals surface area (Å²) in [5, 5.41) is 13.6. The number of carboxylic acid groups (broad SMARTS) is 1. The summed E-state index contributed by atoms with van der Waals surface area (Å²) < 4.78 is 5.22. The fourth-order valence-corrected chi connectivity index (χ4v) is 3.95. The molecule has 2 amide bonds. The van der Waals surface area contributed by atoms with Crippen LogP contribution in [0.2, 0.25) is 0 Å². The molecule has 0 aromatic carbocycles. The fourth-order valence-electron chi connectivity index (χ4n) is 2.46. The van der Waals surface area contributed by atoms with Crippen molar-refractivity contribution in [3.05, 3.63) is 21.7 Å². The van der Waals surface area contributed by atoms with Crippen molar-refractivity contribution in [1.82, 2.24) is 10.2 Å². The van der Waals surface area contributed by atoms with Gasteiger partial charge in [-0.1, -0.05) is 5.11 Å². The molecule has 0 spiro atoms. The molecule has 1 unspecified atom stereocenters. The molecule has 10 nitrogen and oxygen atoms in total. The SMILES string of the molecule is CO[C@@]1(NC(=O)C(C)Cl)C(=O)N2C(C(=O)O)=C(CN=[N+]=[N-])CS[C@H]21. The molecule has 130 valence electrons. The first-order valence-electron chi connectivity index (χ1n) is 6.72. The average Bonchev–Trinajstić information content (AvgIpc) is 2.55. The van der Waals surface area contributed by atoms with E-state index in [4.69, 9.17) is 21.9 Å². The number of carboxylic acids is 1. The fraction of sp³-hybridized carbons (Fsp3) is 0.583. The zero-order chi connectivity index (χ0) is 18.1. The number of rotatable bonds is 6. The molecule has 1 saturated heterocycles. The second-order valence-corrected chi connectivity index (χ2v) is 6.75. The van der Waals surface area contributed by atoms with Crippen LogP contribution in [-0.4, -0.2) is 63.7 Å². The average molecular weight is 376 g/mol. The van der Waals surface area contributed by atoms with Gasteiger partial charge >= 0.3 is 5.97 Å². The summed E-state index contributed by atoms with van der Waals surface area (Å²) in [6, 6.07) is 0. The van der Waals surface area contributed by atoms with Gasteiger partial charge in [-0.25, -0.2) is 4.79 Å². The van der Waals surface area contributed by atoms with Crippen molar-refractivity contribution in [3.63, 3.8) is 0 Å². The molecule has 2 aliphatic rings. The van der Waals surface area contributed by atoms with Crippen molar-refractivity contribution in [2.24, 2.45) is 5.11 Å². The van der Waals surface area contributed by atoms with Crippen LogP contribution in [0.25, 0.3) is 10.4 Å². The number of azide groups is 1. The second kappa shape index (κ2) is 6.89. The minimum absolute atomic E-state index is 0.160. The van der Waals surface area contributed by atoms with Crippen LogP contribution in [0.4, 0.5) is 0 Å². The molecule has 2 aliphatic heterocycles. The standard InChI is InChI=1S/C12H14ClN5O5S/c1-5(13)8(19)16-12(23-2)10(22)18-7(9(20)21)6(3-15-17-14)4-24-11(12)18/h5,11H,3-4H2,1-2H3,(H,16,19)(H,20,21)/t5?,11-,12-/m0/s1. The van der Waals surface area contributed by atoms with Gasteiger partial charge in [-0.2, -0.15) is 0 Å². The number of carbonyl (C=O) groups excluding carboxylic acids is 2. The van der Waals surface area contributed by atoms with Gasteiger partial charge < -0.3 is 15.2 Å². The maximum absolute atomic E-state index is 12.6. The lowest BCUT2D eigenvalue weighted by Crippen LogP contribution is -2.81. The van der Waals surface area contributed by atoms with Crippen molar-refractivity contribution in [1.29, 1.82) is 0 Å². The lowest BCUT2D eigenvalue weighted by molar-refractivity contribution is -0.192. The first kappa shape index (κ1) is 18.4. The Morgan fingerprint density at radius 1 is 1.71 bits per heavy atom. The first-order valence-corrected chi connectivity index (χ1v) is 8.21. The van der Waals surface area contributed by atoms with Gasteiger partial charge in [0, 0.05) is 17.8 Å². The molecule has 0 aliphatic carbocycles. The van der Waals surface area contributed by atoms with E-state index in [0.29, 0.717) is 5.57 Å². The highest BCUT2D eigenvalue weighted by molar-refractivity contribution is 8.00. The number of carbonyl (C=O) groups is 3. The smallest absolute Gasteiger partial charge is 0.352 e. The van der Waals surface area contributed by atoms with Crippen LogP contribution < -0.4 is 5.32 Å². The van der Waals surface area contributed by atoms with Gasteiger partial charge in [-0.05, 0) is 18.0 Å². The number of hydrogen-bond acceptors (Lipinski definition) is 6. The van der Waals surface area contributed by atoms with E-state index in [-0.39, 0.29) is 18.0 Å². The van der Waals surface area contributed by atoms with Crippen LogP contribution in [0.3, 0.4) is 0 Å². The van der Waals surface area contributed by atoms with E-state index >= 15 is 0 Å². The largest absolute Gasteiger partial charge is 0.477 e. The number of amides is 2.